The van der Waals surface area contributed by atoms with Crippen LogP contribution in [0.15, 0.2) is 48.7 Å². The normalized spacial score (nSPS) is 13.9. The highest BCUT2D eigenvalue weighted by molar-refractivity contribution is 5.70. The first-order valence-electron chi connectivity index (χ1n) is 10.8. The molecule has 11 heteroatoms. The summed E-state index contributed by atoms with van der Waals surface area (Å²) in [5.74, 6) is 1.93. The molecule has 178 valence electrons. The van der Waals surface area contributed by atoms with E-state index in [0.29, 0.717) is 23.0 Å². The molecule has 1 aromatic heterocycles. The first kappa shape index (κ1) is 23.1. The Balaban J connectivity index is 1.53. The van der Waals surface area contributed by atoms with E-state index in [0.717, 1.165) is 37.6 Å². The van der Waals surface area contributed by atoms with Crippen LogP contribution in [-0.4, -0.2) is 67.2 Å². The minimum atomic E-state index is -0.471. The number of nitrogens with one attached hydrogen (secondary N) is 2. The SMILES string of the molecule is COc1cc(N2CCN(C)CC2)ccc1Nc1ccnc(Nc2cc([N+](=O)[O-])ccc2OC)n1. The van der Waals surface area contributed by atoms with Crippen LogP contribution in [0.4, 0.5) is 34.5 Å². The molecule has 3 aromatic rings. The van der Waals surface area contributed by atoms with Crippen molar-refractivity contribution in [3.63, 3.8) is 0 Å². The average Bonchev–Trinajstić information content (AvgIpc) is 2.85. The number of nitro groups is 1. The van der Waals surface area contributed by atoms with Crippen LogP contribution in [0.3, 0.4) is 0 Å². The Labute approximate surface area is 197 Å². The molecule has 0 bridgehead atoms. The van der Waals surface area contributed by atoms with Gasteiger partial charge in [-0.2, -0.15) is 4.98 Å². The van der Waals surface area contributed by atoms with Gasteiger partial charge in [-0.25, -0.2) is 4.98 Å². The van der Waals surface area contributed by atoms with Gasteiger partial charge in [0.1, 0.15) is 17.3 Å². The van der Waals surface area contributed by atoms with Crippen LogP contribution in [0, 0.1) is 10.1 Å². The quantitative estimate of drug-likeness (QED) is 0.377. The molecule has 11 nitrogen and oxygen atoms in total. The summed E-state index contributed by atoms with van der Waals surface area (Å²) in [5.41, 5.74) is 2.20. The monoisotopic (exact) mass is 465 g/mol. The lowest BCUT2D eigenvalue weighted by molar-refractivity contribution is -0.384. The maximum Gasteiger partial charge on any atom is 0.271 e. The van der Waals surface area contributed by atoms with Crippen molar-refractivity contribution < 1.29 is 14.4 Å². The van der Waals surface area contributed by atoms with Gasteiger partial charge in [-0.3, -0.25) is 10.1 Å². The Morgan fingerprint density at radius 1 is 0.941 bits per heavy atom. The van der Waals surface area contributed by atoms with Crippen molar-refractivity contribution in [3.8, 4) is 11.5 Å². The predicted molar refractivity (Wildman–Crippen MR) is 131 cm³/mol. The van der Waals surface area contributed by atoms with Crippen LogP contribution in [-0.2, 0) is 0 Å². The molecule has 1 saturated heterocycles. The van der Waals surface area contributed by atoms with Crippen molar-refractivity contribution in [2.75, 3.05) is 63.0 Å². The third kappa shape index (κ3) is 5.26. The van der Waals surface area contributed by atoms with Crippen molar-refractivity contribution in [3.05, 3.63) is 58.8 Å². The summed E-state index contributed by atoms with van der Waals surface area (Å²) < 4.78 is 10.9. The summed E-state index contributed by atoms with van der Waals surface area (Å²) in [6.07, 6.45) is 1.59. The van der Waals surface area contributed by atoms with Gasteiger partial charge in [-0.05, 0) is 31.3 Å². The molecule has 4 rings (SSSR count). The lowest BCUT2D eigenvalue weighted by Crippen LogP contribution is -2.44. The second-order valence-corrected chi connectivity index (χ2v) is 7.83. The molecule has 0 spiro atoms. The number of nitrogens with zero attached hydrogens (tertiary/aromatic N) is 5. The van der Waals surface area contributed by atoms with E-state index in [1.165, 1.54) is 25.3 Å². The Morgan fingerprint density at radius 3 is 2.41 bits per heavy atom. The van der Waals surface area contributed by atoms with Crippen LogP contribution >= 0.6 is 0 Å². The number of nitro benzene ring substituents is 1. The van der Waals surface area contributed by atoms with Crippen LogP contribution in [0.2, 0.25) is 0 Å². The fourth-order valence-corrected chi connectivity index (χ4v) is 3.70. The molecule has 0 atom stereocenters. The van der Waals surface area contributed by atoms with Gasteiger partial charge in [0.25, 0.3) is 5.69 Å². The summed E-state index contributed by atoms with van der Waals surface area (Å²) >= 11 is 0. The average molecular weight is 466 g/mol. The van der Waals surface area contributed by atoms with Gasteiger partial charge in [-0.15, -0.1) is 0 Å². The molecule has 0 unspecified atom stereocenters. The number of methoxy groups -OCH3 is 2. The van der Waals surface area contributed by atoms with Gasteiger partial charge in [-0.1, -0.05) is 0 Å². The maximum atomic E-state index is 11.1. The van der Waals surface area contributed by atoms with E-state index in [-0.39, 0.29) is 11.6 Å². The topological polar surface area (TPSA) is 118 Å². The lowest BCUT2D eigenvalue weighted by atomic mass is 10.2. The fraction of sp³-hybridized carbons (Fsp3) is 0.304. The van der Waals surface area contributed by atoms with E-state index >= 15 is 0 Å². The van der Waals surface area contributed by atoms with Crippen LogP contribution in [0.1, 0.15) is 0 Å². The molecule has 1 aliphatic heterocycles. The molecular weight excluding hydrogens is 438 g/mol. The highest BCUT2D eigenvalue weighted by Crippen LogP contribution is 2.33. The Hall–Kier alpha value is -4.12. The molecule has 34 heavy (non-hydrogen) atoms. The number of hydrogen-bond donors (Lipinski definition) is 2. The summed E-state index contributed by atoms with van der Waals surface area (Å²) in [7, 11) is 5.25. The van der Waals surface area contributed by atoms with Crippen molar-refractivity contribution in [2.45, 2.75) is 0 Å². The maximum absolute atomic E-state index is 11.1. The number of rotatable bonds is 8. The van der Waals surface area contributed by atoms with Crippen LogP contribution < -0.4 is 25.0 Å². The number of likely N-dealkylation sites (N-methyl/N-ethyl adjacent to an activating group) is 1. The largest absolute Gasteiger partial charge is 0.495 e. The molecule has 1 fully saturated rings. The van der Waals surface area contributed by atoms with E-state index in [1.807, 2.05) is 12.1 Å². The van der Waals surface area contributed by atoms with Gasteiger partial charge in [0.2, 0.25) is 5.95 Å². The molecular formula is C23H27N7O4. The number of anilines is 5. The standard InChI is InChI=1S/C23H27N7O4/c1-28-10-12-29(13-11-28)16-4-6-18(21(15-16)34-3)25-22-8-9-24-23(27-22)26-19-14-17(30(31)32)5-7-20(19)33-2/h4-9,14-15H,10-13H2,1-3H3,(H2,24,25,26,27). The second kappa shape index (κ2) is 10.2. The summed E-state index contributed by atoms with van der Waals surface area (Å²) in [6, 6.07) is 12.0. The highest BCUT2D eigenvalue weighted by Gasteiger charge is 2.17. The minimum Gasteiger partial charge on any atom is -0.495 e. The van der Waals surface area contributed by atoms with Gasteiger partial charge in [0, 0.05) is 56.3 Å². The first-order chi connectivity index (χ1) is 16.5. The summed E-state index contributed by atoms with van der Waals surface area (Å²) in [4.78, 5) is 24.0. The zero-order valence-corrected chi connectivity index (χ0v) is 19.3. The summed E-state index contributed by atoms with van der Waals surface area (Å²) in [6.45, 7) is 3.98. The molecule has 1 aliphatic rings. The third-order valence-corrected chi connectivity index (χ3v) is 5.61. The third-order valence-electron chi connectivity index (χ3n) is 5.61. The number of piperazine rings is 1. The van der Waals surface area contributed by atoms with Gasteiger partial charge in [0.15, 0.2) is 0 Å². The van der Waals surface area contributed by atoms with Crippen molar-refractivity contribution >= 4 is 34.5 Å². The molecule has 0 radical (unpaired) electrons. The van der Waals surface area contributed by atoms with Gasteiger partial charge >= 0.3 is 0 Å². The zero-order chi connectivity index (χ0) is 24.1. The highest BCUT2D eigenvalue weighted by atomic mass is 16.6. The molecule has 0 amide bonds. The Kier molecular flexibility index (Phi) is 6.93. The van der Waals surface area contributed by atoms with E-state index < -0.39 is 4.92 Å². The van der Waals surface area contributed by atoms with Crippen molar-refractivity contribution in [2.24, 2.45) is 0 Å². The molecule has 2 aromatic carbocycles. The molecule has 0 aliphatic carbocycles. The Bertz CT molecular complexity index is 1170. The first-order valence-corrected chi connectivity index (χ1v) is 10.8. The van der Waals surface area contributed by atoms with E-state index in [9.17, 15) is 10.1 Å². The number of ether oxygens (including phenoxy) is 2. The molecule has 2 N–H and O–H groups in total. The smallest absolute Gasteiger partial charge is 0.271 e. The molecule has 0 saturated carbocycles. The Morgan fingerprint density at radius 2 is 1.71 bits per heavy atom. The zero-order valence-electron chi connectivity index (χ0n) is 19.3. The number of hydrogen-bond acceptors (Lipinski definition) is 10. The van der Waals surface area contributed by atoms with E-state index in [1.54, 1.807) is 19.4 Å². The number of non-ortho nitro benzene ring substituents is 1. The van der Waals surface area contributed by atoms with E-state index in [2.05, 4.69) is 43.5 Å². The van der Waals surface area contributed by atoms with Crippen LogP contribution in [0.25, 0.3) is 0 Å². The second-order valence-electron chi connectivity index (χ2n) is 7.83. The van der Waals surface area contributed by atoms with Crippen molar-refractivity contribution in [1.82, 2.24) is 14.9 Å². The lowest BCUT2D eigenvalue weighted by Gasteiger charge is -2.34. The van der Waals surface area contributed by atoms with Crippen LogP contribution in [0.5, 0.6) is 11.5 Å². The molecule has 2 heterocycles. The number of benzene rings is 2. The summed E-state index contributed by atoms with van der Waals surface area (Å²) in [5, 5.41) is 17.4. The minimum absolute atomic E-state index is 0.0669. The van der Waals surface area contributed by atoms with Gasteiger partial charge < -0.3 is 29.9 Å². The fourth-order valence-electron chi connectivity index (χ4n) is 3.70. The van der Waals surface area contributed by atoms with E-state index in [4.69, 9.17) is 9.47 Å². The van der Waals surface area contributed by atoms with Crippen molar-refractivity contribution in [1.29, 1.82) is 0 Å². The number of aromatic nitrogens is 2. The predicted octanol–water partition coefficient (Wildman–Crippen LogP) is 3.64. The van der Waals surface area contributed by atoms with Gasteiger partial charge in [0.05, 0.1) is 30.5 Å².